The third-order valence-corrected chi connectivity index (χ3v) is 5.15. The Morgan fingerprint density at radius 3 is 2.75 bits per heavy atom. The van der Waals surface area contributed by atoms with Crippen molar-refractivity contribution in [1.82, 2.24) is 0 Å². The molecule has 110 valence electrons. The maximum Gasteiger partial charge on any atom is 0.228 e. The second kappa shape index (κ2) is 5.74. The summed E-state index contributed by atoms with van der Waals surface area (Å²) < 4.78 is 0. The number of carbonyl (C=O) groups is 1. The van der Waals surface area contributed by atoms with Crippen molar-refractivity contribution >= 4 is 23.2 Å². The van der Waals surface area contributed by atoms with Crippen LogP contribution < -0.4 is 11.1 Å². The molecule has 3 atom stereocenters. The Labute approximate surface area is 125 Å². The maximum atomic E-state index is 12.6. The molecule has 3 nitrogen and oxygen atoms in total. The third kappa shape index (κ3) is 2.99. The van der Waals surface area contributed by atoms with Crippen LogP contribution in [0.25, 0.3) is 0 Å². The lowest BCUT2D eigenvalue weighted by Gasteiger charge is -2.46. The lowest BCUT2D eigenvalue weighted by molar-refractivity contribution is -0.127. The second-order valence-electron chi connectivity index (χ2n) is 6.40. The van der Waals surface area contributed by atoms with Crippen LogP contribution in [0.5, 0.6) is 0 Å². The largest absolute Gasteiger partial charge is 0.327 e. The number of benzene rings is 1. The molecule has 3 unspecified atom stereocenters. The first-order chi connectivity index (χ1) is 9.32. The van der Waals surface area contributed by atoms with Gasteiger partial charge in [0.2, 0.25) is 5.91 Å². The lowest BCUT2D eigenvalue weighted by atomic mass is 9.61. The van der Waals surface area contributed by atoms with Crippen LogP contribution in [0.3, 0.4) is 0 Å². The second-order valence-corrected chi connectivity index (χ2v) is 6.84. The summed E-state index contributed by atoms with van der Waals surface area (Å²) in [5, 5.41) is 3.61. The van der Waals surface area contributed by atoms with Crippen LogP contribution in [0.1, 0.15) is 33.6 Å². The molecule has 4 heteroatoms. The normalized spacial score (nSPS) is 28.9. The van der Waals surface area contributed by atoms with Gasteiger partial charge in [0.25, 0.3) is 0 Å². The number of hydrogen-bond acceptors (Lipinski definition) is 2. The number of halogens is 1. The molecule has 0 saturated heterocycles. The summed E-state index contributed by atoms with van der Waals surface area (Å²) >= 11 is 5.94. The zero-order chi connectivity index (χ0) is 14.9. The van der Waals surface area contributed by atoms with Crippen molar-refractivity contribution in [1.29, 1.82) is 0 Å². The van der Waals surface area contributed by atoms with Gasteiger partial charge in [-0.05, 0) is 42.4 Å². The Hall–Kier alpha value is -1.06. The number of nitrogens with one attached hydrogen (secondary N) is 1. The fourth-order valence-electron chi connectivity index (χ4n) is 3.11. The van der Waals surface area contributed by atoms with Crippen molar-refractivity contribution in [2.24, 2.45) is 23.0 Å². The molecule has 0 heterocycles. The van der Waals surface area contributed by atoms with E-state index in [1.807, 2.05) is 12.1 Å². The Bertz CT molecular complexity index is 501. The van der Waals surface area contributed by atoms with Crippen LogP contribution in [-0.2, 0) is 4.79 Å². The van der Waals surface area contributed by atoms with Crippen molar-refractivity contribution < 1.29 is 4.79 Å². The molecule has 1 aliphatic rings. The van der Waals surface area contributed by atoms with Crippen molar-refractivity contribution in [3.8, 4) is 0 Å². The van der Waals surface area contributed by atoms with E-state index in [0.29, 0.717) is 10.9 Å². The first kappa shape index (κ1) is 15.3. The molecule has 3 N–H and O–H groups in total. The smallest absolute Gasteiger partial charge is 0.228 e. The number of amides is 1. The van der Waals surface area contributed by atoms with E-state index in [9.17, 15) is 4.79 Å². The van der Waals surface area contributed by atoms with Gasteiger partial charge in [-0.15, -0.1) is 0 Å². The number of anilines is 1. The molecule has 2 rings (SSSR count). The average molecular weight is 295 g/mol. The molecule has 1 amide bonds. The average Bonchev–Trinajstić information content (AvgIpc) is 2.36. The van der Waals surface area contributed by atoms with E-state index in [2.05, 4.69) is 26.1 Å². The van der Waals surface area contributed by atoms with Crippen LogP contribution in [0.2, 0.25) is 5.02 Å². The highest BCUT2D eigenvalue weighted by Gasteiger charge is 2.44. The van der Waals surface area contributed by atoms with Gasteiger partial charge in [-0.2, -0.15) is 0 Å². The zero-order valence-corrected chi connectivity index (χ0v) is 13.1. The molecule has 0 spiro atoms. The number of rotatable bonds is 2. The van der Waals surface area contributed by atoms with Gasteiger partial charge < -0.3 is 11.1 Å². The quantitative estimate of drug-likeness (QED) is 0.874. The molecular weight excluding hydrogens is 272 g/mol. The summed E-state index contributed by atoms with van der Waals surface area (Å²) in [6, 6.07) is 7.44. The van der Waals surface area contributed by atoms with Crippen LogP contribution in [-0.4, -0.2) is 11.9 Å². The minimum absolute atomic E-state index is 0.0173. The molecule has 0 radical (unpaired) electrons. The highest BCUT2D eigenvalue weighted by atomic mass is 35.5. The van der Waals surface area contributed by atoms with Crippen LogP contribution >= 0.6 is 11.6 Å². The summed E-state index contributed by atoms with van der Waals surface area (Å²) in [5.74, 6) is 0.374. The summed E-state index contributed by atoms with van der Waals surface area (Å²) in [6.45, 7) is 6.42. The topological polar surface area (TPSA) is 55.1 Å². The zero-order valence-electron chi connectivity index (χ0n) is 12.3. The molecular formula is C16H23ClN2O. The Morgan fingerprint density at radius 2 is 2.10 bits per heavy atom. The number of hydrogen-bond donors (Lipinski definition) is 2. The molecule has 0 aliphatic heterocycles. The van der Waals surface area contributed by atoms with Crippen LogP contribution in [0, 0.1) is 17.3 Å². The highest BCUT2D eigenvalue weighted by Crippen LogP contribution is 2.44. The SMILES string of the molecule is CC1C(N)CCC(C(=O)Nc2cccc(Cl)c2)C1(C)C. The Balaban J connectivity index is 2.13. The van der Waals surface area contributed by atoms with E-state index >= 15 is 0 Å². The van der Waals surface area contributed by atoms with Crippen molar-refractivity contribution in [2.75, 3.05) is 5.32 Å². The predicted molar refractivity (Wildman–Crippen MR) is 83.7 cm³/mol. The van der Waals surface area contributed by atoms with Gasteiger partial charge in [0.1, 0.15) is 0 Å². The Morgan fingerprint density at radius 1 is 1.40 bits per heavy atom. The molecule has 20 heavy (non-hydrogen) atoms. The van der Waals surface area contributed by atoms with Gasteiger partial charge in [-0.3, -0.25) is 4.79 Å². The van der Waals surface area contributed by atoms with E-state index in [-0.39, 0.29) is 23.3 Å². The van der Waals surface area contributed by atoms with Crippen molar-refractivity contribution in [3.05, 3.63) is 29.3 Å². The summed E-state index contributed by atoms with van der Waals surface area (Å²) in [6.07, 6.45) is 1.74. The molecule has 0 aromatic heterocycles. The summed E-state index contributed by atoms with van der Waals surface area (Å²) in [5.41, 5.74) is 6.79. The fourth-order valence-corrected chi connectivity index (χ4v) is 3.31. The minimum atomic E-state index is -0.0969. The van der Waals surface area contributed by atoms with Gasteiger partial charge in [-0.25, -0.2) is 0 Å². The van der Waals surface area contributed by atoms with Gasteiger partial charge in [0, 0.05) is 22.7 Å². The van der Waals surface area contributed by atoms with Crippen LogP contribution in [0.4, 0.5) is 5.69 Å². The molecule has 1 aliphatic carbocycles. The summed E-state index contributed by atoms with van der Waals surface area (Å²) in [7, 11) is 0. The number of nitrogens with two attached hydrogens (primary N) is 1. The Kier molecular flexibility index (Phi) is 4.40. The van der Waals surface area contributed by atoms with E-state index in [1.165, 1.54) is 0 Å². The third-order valence-electron chi connectivity index (χ3n) is 4.91. The molecule has 1 aromatic carbocycles. The van der Waals surface area contributed by atoms with E-state index < -0.39 is 0 Å². The standard InChI is InChI=1S/C16H23ClN2O/c1-10-14(18)8-7-13(16(10,2)3)15(20)19-12-6-4-5-11(17)9-12/h4-6,9-10,13-14H,7-8,18H2,1-3H3,(H,19,20). The van der Waals surface area contributed by atoms with Gasteiger partial charge in [-0.1, -0.05) is 38.4 Å². The van der Waals surface area contributed by atoms with Gasteiger partial charge >= 0.3 is 0 Å². The summed E-state index contributed by atoms with van der Waals surface area (Å²) in [4.78, 5) is 12.6. The molecule has 1 aromatic rings. The van der Waals surface area contributed by atoms with Crippen molar-refractivity contribution in [2.45, 2.75) is 39.7 Å². The van der Waals surface area contributed by atoms with Gasteiger partial charge in [0.05, 0.1) is 0 Å². The van der Waals surface area contributed by atoms with E-state index in [4.69, 9.17) is 17.3 Å². The number of carbonyl (C=O) groups excluding carboxylic acids is 1. The van der Waals surface area contributed by atoms with Crippen molar-refractivity contribution in [3.63, 3.8) is 0 Å². The van der Waals surface area contributed by atoms with Gasteiger partial charge in [0.15, 0.2) is 0 Å². The molecule has 1 saturated carbocycles. The highest BCUT2D eigenvalue weighted by molar-refractivity contribution is 6.30. The maximum absolute atomic E-state index is 12.6. The van der Waals surface area contributed by atoms with E-state index in [0.717, 1.165) is 18.5 Å². The molecule has 0 bridgehead atoms. The van der Waals surface area contributed by atoms with E-state index in [1.54, 1.807) is 12.1 Å². The first-order valence-corrected chi connectivity index (χ1v) is 7.52. The minimum Gasteiger partial charge on any atom is -0.327 e. The molecule has 1 fully saturated rings. The fraction of sp³-hybridized carbons (Fsp3) is 0.562. The predicted octanol–water partition coefficient (Wildman–Crippen LogP) is 3.68. The first-order valence-electron chi connectivity index (χ1n) is 7.14. The monoisotopic (exact) mass is 294 g/mol. The lowest BCUT2D eigenvalue weighted by Crippen LogP contribution is -2.50. The van der Waals surface area contributed by atoms with Crippen LogP contribution in [0.15, 0.2) is 24.3 Å².